The number of benzene rings is 18. The number of furan rings is 3. The van der Waals surface area contributed by atoms with Gasteiger partial charge in [-0.3, -0.25) is 13.2 Å². The summed E-state index contributed by atoms with van der Waals surface area (Å²) >= 11 is 5.56. The zero-order valence-electron chi connectivity index (χ0n) is 67.9. The molecule has 0 amide bonds. The van der Waals surface area contributed by atoms with E-state index in [1.807, 2.05) is 107 Å². The first-order chi connectivity index (χ1) is 63.9. The van der Waals surface area contributed by atoms with Crippen molar-refractivity contribution in [3.63, 3.8) is 0 Å². The molecule has 594 valence electrons. The van der Waals surface area contributed by atoms with E-state index in [0.717, 1.165) is 171 Å². The number of thiophene rings is 3. The molecule has 0 radical (unpaired) electrons. The Labute approximate surface area is 738 Å². The molecule has 15 heterocycles. The minimum atomic E-state index is 0.906. The molecule has 129 heavy (non-hydrogen) atoms. The highest BCUT2D eigenvalue weighted by molar-refractivity contribution is 7.27. The molecule has 0 aliphatic rings. The Hall–Kier alpha value is -16.6. The Morgan fingerprint density at radius 3 is 0.969 bits per heavy atom. The lowest BCUT2D eigenvalue weighted by Crippen LogP contribution is -1.89. The molecule has 0 aliphatic heterocycles. The van der Waals surface area contributed by atoms with Crippen molar-refractivity contribution in [1.29, 1.82) is 0 Å². The third kappa shape index (κ3) is 9.37. The average Bonchev–Trinajstić information content (AvgIpc) is 1.53. The molecule has 0 N–H and O–H groups in total. The summed E-state index contributed by atoms with van der Waals surface area (Å²) in [7, 11) is 0. The van der Waals surface area contributed by atoms with Crippen LogP contribution in [0.3, 0.4) is 0 Å². The maximum Gasteiger partial charge on any atom is 0.165 e. The summed E-state index contributed by atoms with van der Waals surface area (Å²) in [5.74, 6) is 0. The Balaban J connectivity index is 0.0000000919. The van der Waals surface area contributed by atoms with Gasteiger partial charge in [-0.1, -0.05) is 194 Å². The number of nitrogens with zero attached hydrogens (tertiary/aromatic N) is 9. The number of fused-ring (bicyclic) bond motifs is 42. The lowest BCUT2D eigenvalue weighted by Gasteiger charge is -2.05. The van der Waals surface area contributed by atoms with Crippen LogP contribution in [-0.4, -0.2) is 43.1 Å². The molecule has 0 fully saturated rings. The quantitative estimate of drug-likeness (QED) is 0.170. The van der Waals surface area contributed by atoms with Gasteiger partial charge in [-0.15, -0.1) is 34.0 Å². The number of rotatable bonds is 3. The van der Waals surface area contributed by atoms with E-state index in [1.54, 1.807) is 0 Å². The zero-order chi connectivity index (χ0) is 83.4. The van der Waals surface area contributed by atoms with E-state index >= 15 is 0 Å². The molecule has 33 aromatic rings. The number of aromatic nitrogens is 9. The van der Waals surface area contributed by atoms with Crippen molar-refractivity contribution >= 4 is 309 Å². The summed E-state index contributed by atoms with van der Waals surface area (Å²) in [5, 5.41) is 25.5. The van der Waals surface area contributed by atoms with E-state index in [4.69, 9.17) is 43.2 Å². The first kappa shape index (κ1) is 68.8. The van der Waals surface area contributed by atoms with Crippen molar-refractivity contribution in [3.8, 4) is 33.4 Å². The van der Waals surface area contributed by atoms with Crippen LogP contribution in [0.25, 0.3) is 308 Å². The highest BCUT2D eigenvalue weighted by Crippen LogP contribution is 2.53. The van der Waals surface area contributed by atoms with Crippen LogP contribution in [-0.2, 0) is 0 Å². The highest BCUT2D eigenvalue weighted by Gasteiger charge is 2.30. The van der Waals surface area contributed by atoms with Crippen molar-refractivity contribution in [2.24, 2.45) is 0 Å². The Morgan fingerprint density at radius 1 is 0.194 bits per heavy atom. The summed E-state index contributed by atoms with van der Waals surface area (Å²) < 4.78 is 33.5. The smallest absolute Gasteiger partial charge is 0.165 e. The van der Waals surface area contributed by atoms with Gasteiger partial charge in [0.25, 0.3) is 0 Å². The van der Waals surface area contributed by atoms with E-state index in [9.17, 15) is 0 Å². The van der Waals surface area contributed by atoms with Crippen LogP contribution in [0.4, 0.5) is 0 Å². The van der Waals surface area contributed by atoms with E-state index in [1.165, 1.54) is 137 Å². The fourth-order valence-corrected chi connectivity index (χ4v) is 25.2. The molecule has 15 aromatic heterocycles. The van der Waals surface area contributed by atoms with E-state index in [0.29, 0.717) is 0 Å². The van der Waals surface area contributed by atoms with Gasteiger partial charge in [-0.05, 0) is 179 Å². The molecule has 33 rings (SSSR count). The van der Waals surface area contributed by atoms with Gasteiger partial charge in [-0.25, -0.2) is 29.9 Å². The molecule has 0 aliphatic carbocycles. The molecule has 0 spiro atoms. The summed E-state index contributed by atoms with van der Waals surface area (Å²) in [6, 6.07) is 123. The summed E-state index contributed by atoms with van der Waals surface area (Å²) in [6.07, 6.45) is 0. The fourth-order valence-electron chi connectivity index (χ4n) is 21.8. The van der Waals surface area contributed by atoms with E-state index in [-0.39, 0.29) is 0 Å². The average molecular weight is 1700 g/mol. The predicted octanol–water partition coefficient (Wildman–Crippen LogP) is 32.1. The van der Waals surface area contributed by atoms with Crippen molar-refractivity contribution in [3.05, 3.63) is 346 Å². The number of hydrogen-bond donors (Lipinski definition) is 0. The standard InChI is InChI=1S/3C38H19N3OS/c1-5-14-30-22(8-1)23-11-7-10-21(37(23)42-30)20-16-17-29-25(18-20)26-19-32-33(24-9-2-6-15-31(24)43-32)34-35-38(41(29)36(26)34)40-28-13-4-3-12-27(28)39-35;1-5-11-30-22(7-1)23-15-13-21(18-31(23)42-30)20-14-16-29-25(17-20)26-19-33-34(24-8-2-6-12-32(24)43-33)35-36-38(41(29)37(26)35)40-28-10-4-3-9-27(28)39-36;1-5-11-30-22(7-1)25-18-21(14-16-31(25)42-30)20-13-15-29-24(17-20)26-19-33-34(23-8-2-6-12-32(23)43-33)35-36-38(41(29)37(26)35)40-28-10-4-3-9-27(28)39-36/h3*1-19H. The monoisotopic (exact) mass is 1700 g/mol. The largest absolute Gasteiger partial charge is 0.456 e. The second-order valence-corrected chi connectivity index (χ2v) is 37.4. The van der Waals surface area contributed by atoms with Crippen LogP contribution >= 0.6 is 34.0 Å². The zero-order valence-corrected chi connectivity index (χ0v) is 70.3. The SMILES string of the molecule is c1ccc2nc3c(nc2c1)c1c2c(cc4c5cc(-c6ccc7c(c6)oc6ccccc67)ccc5n3c41)sc1ccccc12.c1ccc2nc3c(nc2c1)c1c2c(cc4c5cc(-c6ccc7oc8ccccc8c7c6)ccc5n3c41)sc1ccccc12.c1ccc2nc3c(nc2c1)c1c2c(cc4c5cc(-c6cccc7c6oc6ccccc67)ccc5n3c41)sc1ccccc12. The van der Waals surface area contributed by atoms with Gasteiger partial charge in [0.15, 0.2) is 16.9 Å². The van der Waals surface area contributed by atoms with Gasteiger partial charge < -0.3 is 13.3 Å². The van der Waals surface area contributed by atoms with Gasteiger partial charge in [0.1, 0.15) is 50.0 Å². The summed E-state index contributed by atoms with van der Waals surface area (Å²) in [5.41, 5.74) is 30.5. The Bertz CT molecular complexity index is 10800. The Morgan fingerprint density at radius 2 is 0.512 bits per heavy atom. The lowest BCUT2D eigenvalue weighted by atomic mass is 9.99. The van der Waals surface area contributed by atoms with Crippen molar-refractivity contribution in [2.75, 3.05) is 0 Å². The Kier molecular flexibility index (Phi) is 13.4. The fraction of sp³-hybridized carbons (Fsp3) is 0. The minimum absolute atomic E-state index is 0.906. The van der Waals surface area contributed by atoms with Crippen molar-refractivity contribution < 1.29 is 13.3 Å². The van der Waals surface area contributed by atoms with Crippen LogP contribution in [0.1, 0.15) is 0 Å². The van der Waals surface area contributed by atoms with Crippen LogP contribution in [0.5, 0.6) is 0 Å². The number of para-hydroxylation sites is 10. The van der Waals surface area contributed by atoms with Gasteiger partial charge in [0.05, 0.1) is 66.2 Å². The highest BCUT2D eigenvalue weighted by atomic mass is 32.1. The molecule has 12 nitrogen and oxygen atoms in total. The third-order valence-corrected chi connectivity index (χ3v) is 30.7. The topological polar surface area (TPSA) is 130 Å². The molecular weight excluding hydrogens is 1640 g/mol. The minimum Gasteiger partial charge on any atom is -0.456 e. The van der Waals surface area contributed by atoms with Gasteiger partial charge in [0, 0.05) is 147 Å². The van der Waals surface area contributed by atoms with Crippen molar-refractivity contribution in [2.45, 2.75) is 0 Å². The molecule has 0 atom stereocenters. The van der Waals surface area contributed by atoms with Crippen molar-refractivity contribution in [1.82, 2.24) is 43.1 Å². The normalized spacial score (nSPS) is 12.7. The first-order valence-corrected chi connectivity index (χ1v) is 45.7. The maximum absolute atomic E-state index is 6.43. The second kappa shape index (κ2) is 25.2. The second-order valence-electron chi connectivity index (χ2n) is 34.1. The summed E-state index contributed by atoms with van der Waals surface area (Å²) in [4.78, 5) is 31.4. The molecule has 18 aromatic carbocycles. The molecule has 0 unspecified atom stereocenters. The maximum atomic E-state index is 6.43. The van der Waals surface area contributed by atoms with Gasteiger partial charge >= 0.3 is 0 Å². The van der Waals surface area contributed by atoms with Crippen LogP contribution in [0, 0.1) is 0 Å². The molecule has 0 bridgehead atoms. The van der Waals surface area contributed by atoms with Crippen LogP contribution in [0.2, 0.25) is 0 Å². The first-order valence-electron chi connectivity index (χ1n) is 43.3. The molecule has 0 saturated carbocycles. The van der Waals surface area contributed by atoms with E-state index < -0.39 is 0 Å². The van der Waals surface area contributed by atoms with E-state index in [2.05, 4.69) is 286 Å². The molecular formula is C114H57N9O3S3. The van der Waals surface area contributed by atoms with Gasteiger partial charge in [0.2, 0.25) is 0 Å². The number of hydrogen-bond acceptors (Lipinski definition) is 12. The van der Waals surface area contributed by atoms with Gasteiger partial charge in [-0.2, -0.15) is 0 Å². The molecule has 0 saturated heterocycles. The molecule has 15 heteroatoms. The third-order valence-electron chi connectivity index (χ3n) is 27.3. The summed E-state index contributed by atoms with van der Waals surface area (Å²) in [6.45, 7) is 0. The van der Waals surface area contributed by atoms with Crippen LogP contribution in [0.15, 0.2) is 359 Å². The predicted molar refractivity (Wildman–Crippen MR) is 539 cm³/mol. The van der Waals surface area contributed by atoms with Crippen LogP contribution < -0.4 is 0 Å². The lowest BCUT2D eigenvalue weighted by molar-refractivity contribution is 0.668.